The first-order valence-corrected chi connectivity index (χ1v) is 9.09. The summed E-state index contributed by atoms with van der Waals surface area (Å²) in [6.07, 6.45) is 3.82. The van der Waals surface area contributed by atoms with E-state index in [0.29, 0.717) is 12.5 Å². The highest BCUT2D eigenvalue weighted by Crippen LogP contribution is 2.21. The molecule has 0 radical (unpaired) electrons. The number of likely N-dealkylation sites (tertiary alicyclic amines) is 1. The lowest BCUT2D eigenvalue weighted by molar-refractivity contribution is 0.0632. The van der Waals surface area contributed by atoms with Crippen molar-refractivity contribution >= 4 is 5.91 Å². The van der Waals surface area contributed by atoms with Crippen molar-refractivity contribution in [2.45, 2.75) is 40.2 Å². The van der Waals surface area contributed by atoms with Gasteiger partial charge in [0.05, 0.1) is 18.4 Å². The summed E-state index contributed by atoms with van der Waals surface area (Å²) < 4.78 is 7.80. The number of aryl methyl sites for hydroxylation is 2. The second-order valence-corrected chi connectivity index (χ2v) is 6.84. The standard InChI is InChI=1S/C20H27N3O2/c1-4-23-16(3)19(12-21-23)20(24)22-11-5-6-17(13-22)14-25-18-9-7-15(2)8-10-18/h7-10,12,17H,4-6,11,13-14H2,1-3H3/t17-/m0/s1. The Kier molecular flexibility index (Phi) is 5.41. The van der Waals surface area contributed by atoms with Gasteiger partial charge in [0.1, 0.15) is 5.75 Å². The SMILES string of the molecule is CCn1ncc(C(=O)N2CCC[C@H](COc3ccc(C)cc3)C2)c1C. The highest BCUT2D eigenvalue weighted by atomic mass is 16.5. The fraction of sp³-hybridized carbons (Fsp3) is 0.500. The summed E-state index contributed by atoms with van der Waals surface area (Å²) in [5.74, 6) is 1.37. The van der Waals surface area contributed by atoms with Crippen LogP contribution in [0.3, 0.4) is 0 Å². The third kappa shape index (κ3) is 4.03. The summed E-state index contributed by atoms with van der Waals surface area (Å²) in [4.78, 5) is 14.8. The zero-order chi connectivity index (χ0) is 17.8. The Morgan fingerprint density at radius 3 is 2.72 bits per heavy atom. The van der Waals surface area contributed by atoms with Gasteiger partial charge in [0.2, 0.25) is 0 Å². The van der Waals surface area contributed by atoms with E-state index in [2.05, 4.69) is 24.2 Å². The molecule has 134 valence electrons. The van der Waals surface area contributed by atoms with Gasteiger partial charge >= 0.3 is 0 Å². The molecule has 1 saturated heterocycles. The maximum atomic E-state index is 12.8. The van der Waals surface area contributed by atoms with E-state index in [4.69, 9.17) is 4.74 Å². The minimum Gasteiger partial charge on any atom is -0.493 e. The van der Waals surface area contributed by atoms with Crippen molar-refractivity contribution in [3.63, 3.8) is 0 Å². The van der Waals surface area contributed by atoms with Crippen LogP contribution in [0.5, 0.6) is 5.75 Å². The molecule has 5 heteroatoms. The second-order valence-electron chi connectivity index (χ2n) is 6.84. The molecular formula is C20H27N3O2. The number of carbonyl (C=O) groups excluding carboxylic acids is 1. The van der Waals surface area contributed by atoms with Gasteiger partial charge in [-0.1, -0.05) is 17.7 Å². The Labute approximate surface area is 149 Å². The summed E-state index contributed by atoms with van der Waals surface area (Å²) in [6.45, 7) is 9.07. The van der Waals surface area contributed by atoms with Crippen LogP contribution < -0.4 is 4.74 Å². The lowest BCUT2D eigenvalue weighted by Gasteiger charge is -2.32. The number of aromatic nitrogens is 2. The minimum absolute atomic E-state index is 0.0947. The first-order valence-electron chi connectivity index (χ1n) is 9.09. The molecule has 2 aromatic rings. The third-order valence-electron chi connectivity index (χ3n) is 4.95. The number of nitrogens with zero attached hydrogens (tertiary/aromatic N) is 3. The van der Waals surface area contributed by atoms with Crippen LogP contribution in [0.1, 0.15) is 41.4 Å². The summed E-state index contributed by atoms with van der Waals surface area (Å²) in [5, 5.41) is 4.30. The third-order valence-corrected chi connectivity index (χ3v) is 4.95. The first-order chi connectivity index (χ1) is 12.1. The molecule has 25 heavy (non-hydrogen) atoms. The largest absolute Gasteiger partial charge is 0.493 e. The van der Waals surface area contributed by atoms with Crippen molar-refractivity contribution in [3.8, 4) is 5.75 Å². The normalized spacial score (nSPS) is 17.6. The molecule has 0 unspecified atom stereocenters. The van der Waals surface area contributed by atoms with E-state index < -0.39 is 0 Å². The maximum absolute atomic E-state index is 12.8. The highest BCUT2D eigenvalue weighted by Gasteiger charge is 2.27. The fourth-order valence-electron chi connectivity index (χ4n) is 3.38. The van der Waals surface area contributed by atoms with Crippen LogP contribution in [0.2, 0.25) is 0 Å². The monoisotopic (exact) mass is 341 g/mol. The molecule has 1 aliphatic rings. The van der Waals surface area contributed by atoms with Crippen LogP contribution in [0.4, 0.5) is 0 Å². The number of hydrogen-bond donors (Lipinski definition) is 0. The van der Waals surface area contributed by atoms with Crippen molar-refractivity contribution < 1.29 is 9.53 Å². The Balaban J connectivity index is 1.59. The van der Waals surface area contributed by atoms with Crippen LogP contribution in [0, 0.1) is 19.8 Å². The van der Waals surface area contributed by atoms with Gasteiger partial charge in [0.25, 0.3) is 5.91 Å². The second kappa shape index (κ2) is 7.72. The number of benzene rings is 1. The Morgan fingerprint density at radius 2 is 2.04 bits per heavy atom. The molecular weight excluding hydrogens is 314 g/mol. The first kappa shape index (κ1) is 17.5. The summed E-state index contributed by atoms with van der Waals surface area (Å²) in [7, 11) is 0. The quantitative estimate of drug-likeness (QED) is 0.837. The summed E-state index contributed by atoms with van der Waals surface area (Å²) >= 11 is 0. The molecule has 1 amide bonds. The van der Waals surface area contributed by atoms with Gasteiger partial charge in [-0.25, -0.2) is 0 Å². The number of piperidine rings is 1. The van der Waals surface area contributed by atoms with E-state index in [1.807, 2.05) is 35.6 Å². The number of carbonyl (C=O) groups is 1. The van der Waals surface area contributed by atoms with Crippen LogP contribution >= 0.6 is 0 Å². The molecule has 0 bridgehead atoms. The number of ether oxygens (including phenoxy) is 1. The molecule has 0 saturated carbocycles. The van der Waals surface area contributed by atoms with E-state index in [1.54, 1.807) is 6.20 Å². The Bertz CT molecular complexity index is 721. The zero-order valence-electron chi connectivity index (χ0n) is 15.4. The molecule has 3 rings (SSSR count). The number of rotatable bonds is 5. The van der Waals surface area contributed by atoms with Crippen molar-refractivity contribution in [3.05, 3.63) is 47.3 Å². The maximum Gasteiger partial charge on any atom is 0.257 e. The smallest absolute Gasteiger partial charge is 0.257 e. The molecule has 1 aromatic heterocycles. The summed E-state index contributed by atoms with van der Waals surface area (Å²) in [6, 6.07) is 8.12. The summed E-state index contributed by atoms with van der Waals surface area (Å²) in [5.41, 5.74) is 2.90. The average molecular weight is 341 g/mol. The lowest BCUT2D eigenvalue weighted by Crippen LogP contribution is -2.41. The van der Waals surface area contributed by atoms with E-state index in [-0.39, 0.29) is 5.91 Å². The highest BCUT2D eigenvalue weighted by molar-refractivity contribution is 5.95. The molecule has 1 atom stereocenters. The molecule has 0 spiro atoms. The molecule has 0 N–H and O–H groups in total. The molecule has 2 heterocycles. The van der Waals surface area contributed by atoms with E-state index in [9.17, 15) is 4.79 Å². The van der Waals surface area contributed by atoms with Crippen molar-refractivity contribution in [1.29, 1.82) is 0 Å². The molecule has 0 aliphatic carbocycles. The van der Waals surface area contributed by atoms with Gasteiger partial charge in [-0.3, -0.25) is 9.48 Å². The predicted octanol–water partition coefficient (Wildman–Crippen LogP) is 3.45. The predicted molar refractivity (Wildman–Crippen MR) is 97.9 cm³/mol. The molecule has 5 nitrogen and oxygen atoms in total. The average Bonchev–Trinajstić information content (AvgIpc) is 3.01. The van der Waals surface area contributed by atoms with Gasteiger partial charge in [-0.05, 0) is 45.7 Å². The van der Waals surface area contributed by atoms with Crippen LogP contribution in [-0.2, 0) is 6.54 Å². The van der Waals surface area contributed by atoms with E-state index >= 15 is 0 Å². The van der Waals surface area contributed by atoms with Crippen LogP contribution in [-0.4, -0.2) is 40.3 Å². The van der Waals surface area contributed by atoms with Gasteiger partial charge in [0, 0.05) is 31.2 Å². The van der Waals surface area contributed by atoms with Gasteiger partial charge in [-0.2, -0.15) is 5.10 Å². The molecule has 1 aromatic carbocycles. The van der Waals surface area contributed by atoms with Gasteiger partial charge in [-0.15, -0.1) is 0 Å². The minimum atomic E-state index is 0.0947. The van der Waals surface area contributed by atoms with Crippen LogP contribution in [0.15, 0.2) is 30.5 Å². The van der Waals surface area contributed by atoms with Crippen LogP contribution in [0.25, 0.3) is 0 Å². The van der Waals surface area contributed by atoms with Crippen molar-refractivity contribution in [1.82, 2.24) is 14.7 Å². The Morgan fingerprint density at radius 1 is 1.28 bits per heavy atom. The Hall–Kier alpha value is -2.30. The van der Waals surface area contributed by atoms with Crippen molar-refractivity contribution in [2.75, 3.05) is 19.7 Å². The molecule has 1 fully saturated rings. The van der Waals surface area contributed by atoms with Crippen molar-refractivity contribution in [2.24, 2.45) is 5.92 Å². The van der Waals surface area contributed by atoms with Gasteiger partial charge < -0.3 is 9.64 Å². The molecule has 1 aliphatic heterocycles. The van der Waals surface area contributed by atoms with E-state index in [1.165, 1.54) is 5.56 Å². The van der Waals surface area contributed by atoms with Gasteiger partial charge in [0.15, 0.2) is 0 Å². The number of hydrogen-bond acceptors (Lipinski definition) is 3. The zero-order valence-corrected chi connectivity index (χ0v) is 15.4. The lowest BCUT2D eigenvalue weighted by atomic mass is 9.98. The fourth-order valence-corrected chi connectivity index (χ4v) is 3.38. The topological polar surface area (TPSA) is 47.4 Å². The van der Waals surface area contributed by atoms with E-state index in [0.717, 1.165) is 49.5 Å². The number of amides is 1.